The molecule has 1 saturated heterocycles. The van der Waals surface area contributed by atoms with Crippen LogP contribution in [0.4, 0.5) is 11.4 Å². The van der Waals surface area contributed by atoms with Gasteiger partial charge in [-0.2, -0.15) is 0 Å². The van der Waals surface area contributed by atoms with Gasteiger partial charge in [-0.25, -0.2) is 5.01 Å². The molecular weight excluding hydrogens is 612 g/mol. The van der Waals surface area contributed by atoms with Gasteiger partial charge in [-0.15, -0.1) is 0 Å². The SMILES string of the molecule is COc1ccc(N2C(=O)C(CC(=O)Nc3cccc(Br)c3)N(NC(=O)c3ccc(Br)cc3)C2=S)cc1. The molecule has 0 bridgehead atoms. The normalized spacial score (nSPS) is 15.1. The van der Waals surface area contributed by atoms with E-state index in [1.165, 1.54) is 9.91 Å². The van der Waals surface area contributed by atoms with Gasteiger partial charge in [0.1, 0.15) is 11.8 Å². The van der Waals surface area contributed by atoms with Crippen molar-refractivity contribution in [3.63, 3.8) is 0 Å². The second-order valence-corrected chi connectivity index (χ2v) is 9.95. The predicted octanol–water partition coefficient (Wildman–Crippen LogP) is 4.90. The number of hydrogen-bond acceptors (Lipinski definition) is 5. The molecule has 3 amide bonds. The number of amides is 3. The van der Waals surface area contributed by atoms with E-state index in [2.05, 4.69) is 42.6 Å². The van der Waals surface area contributed by atoms with Gasteiger partial charge in [-0.05, 0) is 78.9 Å². The summed E-state index contributed by atoms with van der Waals surface area (Å²) >= 11 is 12.3. The maximum Gasteiger partial charge on any atom is 0.269 e. The van der Waals surface area contributed by atoms with Crippen molar-refractivity contribution in [1.29, 1.82) is 0 Å². The van der Waals surface area contributed by atoms with E-state index in [9.17, 15) is 14.4 Å². The fraction of sp³-hybridized carbons (Fsp3) is 0.120. The Kier molecular flexibility index (Phi) is 8.02. The second-order valence-electron chi connectivity index (χ2n) is 7.75. The predicted molar refractivity (Wildman–Crippen MR) is 148 cm³/mol. The molecule has 0 saturated carbocycles. The Bertz CT molecular complexity index is 1320. The van der Waals surface area contributed by atoms with Gasteiger partial charge < -0.3 is 10.1 Å². The zero-order valence-corrected chi connectivity index (χ0v) is 22.9. The molecule has 3 aromatic rings. The van der Waals surface area contributed by atoms with Crippen molar-refractivity contribution in [1.82, 2.24) is 10.4 Å². The number of hydrazine groups is 1. The third-order valence-corrected chi connectivity index (χ3v) is 6.76. The lowest BCUT2D eigenvalue weighted by molar-refractivity contribution is -0.124. The minimum absolute atomic E-state index is 0.0517. The summed E-state index contributed by atoms with van der Waals surface area (Å²) in [5, 5.41) is 4.10. The second kappa shape index (κ2) is 11.2. The number of nitrogens with one attached hydrogen (secondary N) is 2. The molecule has 1 aliphatic heterocycles. The minimum atomic E-state index is -1.05. The summed E-state index contributed by atoms with van der Waals surface area (Å²) in [6.07, 6.45) is -0.237. The van der Waals surface area contributed by atoms with E-state index in [1.54, 1.807) is 73.8 Å². The van der Waals surface area contributed by atoms with Crippen LogP contribution in [0.15, 0.2) is 81.7 Å². The van der Waals surface area contributed by atoms with E-state index >= 15 is 0 Å². The zero-order valence-electron chi connectivity index (χ0n) is 18.9. The van der Waals surface area contributed by atoms with Gasteiger partial charge in [0, 0.05) is 20.2 Å². The Morgan fingerprint density at radius 3 is 2.33 bits per heavy atom. The van der Waals surface area contributed by atoms with Crippen molar-refractivity contribution < 1.29 is 19.1 Å². The highest BCUT2D eigenvalue weighted by Gasteiger charge is 2.45. The molecule has 0 aliphatic carbocycles. The molecule has 1 heterocycles. The monoisotopic (exact) mass is 630 g/mol. The van der Waals surface area contributed by atoms with Crippen molar-refractivity contribution in [2.24, 2.45) is 0 Å². The molecule has 1 unspecified atom stereocenters. The molecule has 0 spiro atoms. The Morgan fingerprint density at radius 1 is 1.00 bits per heavy atom. The van der Waals surface area contributed by atoms with Gasteiger partial charge >= 0.3 is 0 Å². The Morgan fingerprint density at radius 2 is 1.69 bits per heavy atom. The number of nitrogens with zero attached hydrogens (tertiary/aromatic N) is 2. The van der Waals surface area contributed by atoms with E-state index in [0.717, 1.165) is 8.95 Å². The number of anilines is 2. The number of carbonyl (C=O) groups excluding carboxylic acids is 3. The van der Waals surface area contributed by atoms with Crippen LogP contribution < -0.4 is 20.4 Å². The lowest BCUT2D eigenvalue weighted by atomic mass is 10.1. The lowest BCUT2D eigenvalue weighted by Crippen LogP contribution is -2.49. The van der Waals surface area contributed by atoms with E-state index in [-0.39, 0.29) is 11.5 Å². The first-order chi connectivity index (χ1) is 17.3. The zero-order chi connectivity index (χ0) is 25.8. The van der Waals surface area contributed by atoms with Crippen molar-refractivity contribution >= 4 is 78.3 Å². The standard InChI is InChI=1S/C25H20Br2N4O4S/c1-35-20-11-9-19(10-12-20)30-24(34)21(14-22(32)28-18-4-2-3-17(27)13-18)31(25(30)36)29-23(33)15-5-7-16(26)8-6-15/h2-13,21H,14H2,1H3,(H,28,32)(H,29,33). The van der Waals surface area contributed by atoms with Crippen LogP contribution >= 0.6 is 44.1 Å². The van der Waals surface area contributed by atoms with Crippen molar-refractivity contribution in [3.8, 4) is 5.75 Å². The quantitative estimate of drug-likeness (QED) is 0.361. The number of halogens is 2. The summed E-state index contributed by atoms with van der Waals surface area (Å²) in [7, 11) is 1.54. The Hall–Kier alpha value is -3.28. The number of methoxy groups -OCH3 is 1. The van der Waals surface area contributed by atoms with Gasteiger partial charge in [0.05, 0.1) is 19.2 Å². The topological polar surface area (TPSA) is 91.0 Å². The van der Waals surface area contributed by atoms with Crippen LogP contribution in [0.1, 0.15) is 16.8 Å². The summed E-state index contributed by atoms with van der Waals surface area (Å²) in [6, 6.07) is 19.5. The summed E-state index contributed by atoms with van der Waals surface area (Å²) in [4.78, 5) is 40.7. The molecule has 3 aromatic carbocycles. The van der Waals surface area contributed by atoms with Crippen LogP contribution in [-0.4, -0.2) is 41.0 Å². The molecule has 36 heavy (non-hydrogen) atoms. The summed E-state index contributed by atoms with van der Waals surface area (Å²) in [6.45, 7) is 0. The molecule has 2 N–H and O–H groups in total. The lowest BCUT2D eigenvalue weighted by Gasteiger charge is -2.24. The molecular formula is C25H20Br2N4O4S. The van der Waals surface area contributed by atoms with Gasteiger partial charge in [-0.1, -0.05) is 37.9 Å². The first kappa shape index (κ1) is 25.8. The average molecular weight is 632 g/mol. The van der Waals surface area contributed by atoms with Crippen LogP contribution in [-0.2, 0) is 9.59 Å². The largest absolute Gasteiger partial charge is 0.497 e. The van der Waals surface area contributed by atoms with E-state index < -0.39 is 23.8 Å². The number of rotatable bonds is 7. The first-order valence-corrected chi connectivity index (χ1v) is 12.7. The van der Waals surface area contributed by atoms with Crippen LogP contribution in [0.25, 0.3) is 0 Å². The maximum absolute atomic E-state index is 13.5. The fourth-order valence-electron chi connectivity index (χ4n) is 3.60. The summed E-state index contributed by atoms with van der Waals surface area (Å²) in [5.41, 5.74) is 4.14. The van der Waals surface area contributed by atoms with Gasteiger partial charge in [0.2, 0.25) is 11.0 Å². The summed E-state index contributed by atoms with van der Waals surface area (Å²) < 4.78 is 6.81. The van der Waals surface area contributed by atoms with Crippen LogP contribution in [0.3, 0.4) is 0 Å². The van der Waals surface area contributed by atoms with Crippen LogP contribution in [0.2, 0.25) is 0 Å². The highest BCUT2D eigenvalue weighted by Crippen LogP contribution is 2.28. The highest BCUT2D eigenvalue weighted by molar-refractivity contribution is 9.10. The van der Waals surface area contributed by atoms with E-state index in [4.69, 9.17) is 17.0 Å². The number of benzene rings is 3. The highest BCUT2D eigenvalue weighted by atomic mass is 79.9. The maximum atomic E-state index is 13.5. The summed E-state index contributed by atoms with van der Waals surface area (Å²) in [5.74, 6) is -0.701. The van der Waals surface area contributed by atoms with Crippen molar-refractivity contribution in [3.05, 3.63) is 87.3 Å². The minimum Gasteiger partial charge on any atom is -0.497 e. The fourth-order valence-corrected chi connectivity index (χ4v) is 4.63. The number of thiocarbonyl (C=S) groups is 1. The third kappa shape index (κ3) is 5.75. The molecule has 1 aliphatic rings. The van der Waals surface area contributed by atoms with Gasteiger partial charge in [-0.3, -0.25) is 24.7 Å². The molecule has 0 radical (unpaired) electrons. The Labute approximate surface area is 229 Å². The number of ether oxygens (including phenoxy) is 1. The average Bonchev–Trinajstić information content (AvgIpc) is 3.08. The molecule has 1 atom stereocenters. The third-order valence-electron chi connectivity index (χ3n) is 5.36. The molecule has 4 rings (SSSR count). The molecule has 8 nitrogen and oxygen atoms in total. The van der Waals surface area contributed by atoms with Crippen LogP contribution in [0, 0.1) is 0 Å². The van der Waals surface area contributed by atoms with Gasteiger partial charge in [0.25, 0.3) is 11.8 Å². The molecule has 0 aromatic heterocycles. The van der Waals surface area contributed by atoms with E-state index in [1.807, 2.05) is 6.07 Å². The molecule has 1 fully saturated rings. The first-order valence-electron chi connectivity index (χ1n) is 10.7. The van der Waals surface area contributed by atoms with Crippen LogP contribution in [0.5, 0.6) is 5.75 Å². The van der Waals surface area contributed by atoms with Gasteiger partial charge in [0.15, 0.2) is 0 Å². The number of hydrogen-bond donors (Lipinski definition) is 2. The Balaban J connectivity index is 1.60. The smallest absolute Gasteiger partial charge is 0.269 e. The van der Waals surface area contributed by atoms with Crippen molar-refractivity contribution in [2.75, 3.05) is 17.3 Å². The number of carbonyl (C=O) groups is 3. The van der Waals surface area contributed by atoms with E-state index in [0.29, 0.717) is 22.7 Å². The molecule has 184 valence electrons. The van der Waals surface area contributed by atoms with Crippen molar-refractivity contribution in [2.45, 2.75) is 12.5 Å². The molecule has 11 heteroatoms.